The molecule has 5 heteroatoms. The molecule has 2 rings (SSSR count). The Bertz CT molecular complexity index is 469. The molecule has 0 aromatic carbocycles. The molecule has 2 heterocycles. The smallest absolute Gasteiger partial charge is 0.229 e. The zero-order valence-corrected chi connectivity index (χ0v) is 11.3. The number of nitrogens with zero attached hydrogens (tertiary/aromatic N) is 2. The van der Waals surface area contributed by atoms with Crippen LogP contribution in [0.4, 0.5) is 5.82 Å². The average Bonchev–Trinajstić information content (AvgIpc) is 2.36. The molecule has 19 heavy (non-hydrogen) atoms. The van der Waals surface area contributed by atoms with Gasteiger partial charge in [-0.15, -0.1) is 0 Å². The van der Waals surface area contributed by atoms with Crippen molar-refractivity contribution in [3.63, 3.8) is 0 Å². The standard InChI is InChI=1S/C14H19N3O2/c1-3-15-14-11(5-4-6-16-14)9-17-12(18)7-10(2)8-13(17)19/h4-6,10H,3,7-9H2,1-2H3,(H,15,16). The van der Waals surface area contributed by atoms with Gasteiger partial charge in [0.25, 0.3) is 0 Å². The summed E-state index contributed by atoms with van der Waals surface area (Å²) >= 11 is 0. The SMILES string of the molecule is CCNc1ncccc1CN1C(=O)CC(C)CC1=O. The van der Waals surface area contributed by atoms with Crippen molar-refractivity contribution in [1.82, 2.24) is 9.88 Å². The zero-order valence-electron chi connectivity index (χ0n) is 11.3. The van der Waals surface area contributed by atoms with Crippen LogP contribution in [0.25, 0.3) is 0 Å². The molecule has 1 aliphatic heterocycles. The summed E-state index contributed by atoms with van der Waals surface area (Å²) < 4.78 is 0. The number of pyridine rings is 1. The molecule has 1 aromatic heterocycles. The van der Waals surface area contributed by atoms with Gasteiger partial charge in [0.1, 0.15) is 5.82 Å². The molecule has 2 amide bonds. The van der Waals surface area contributed by atoms with Gasteiger partial charge in [-0.1, -0.05) is 13.0 Å². The Morgan fingerprint density at radius 3 is 2.68 bits per heavy atom. The third-order valence-corrected chi connectivity index (χ3v) is 3.21. The number of aromatic nitrogens is 1. The van der Waals surface area contributed by atoms with Crippen LogP contribution in [0.3, 0.4) is 0 Å². The maximum Gasteiger partial charge on any atom is 0.229 e. The Morgan fingerprint density at radius 2 is 2.05 bits per heavy atom. The summed E-state index contributed by atoms with van der Waals surface area (Å²) in [6.45, 7) is 4.97. The van der Waals surface area contributed by atoms with Gasteiger partial charge >= 0.3 is 0 Å². The number of nitrogens with one attached hydrogen (secondary N) is 1. The first-order valence-corrected chi connectivity index (χ1v) is 6.62. The molecule has 0 unspecified atom stereocenters. The second-order valence-corrected chi connectivity index (χ2v) is 4.93. The van der Waals surface area contributed by atoms with E-state index in [4.69, 9.17) is 0 Å². The van der Waals surface area contributed by atoms with E-state index >= 15 is 0 Å². The molecule has 0 radical (unpaired) electrons. The Morgan fingerprint density at radius 1 is 1.37 bits per heavy atom. The van der Waals surface area contributed by atoms with Gasteiger partial charge < -0.3 is 5.32 Å². The molecular formula is C14H19N3O2. The number of hydrogen-bond donors (Lipinski definition) is 1. The molecular weight excluding hydrogens is 242 g/mol. The van der Waals surface area contributed by atoms with Gasteiger partial charge in [0.15, 0.2) is 0 Å². The van der Waals surface area contributed by atoms with Crippen LogP contribution >= 0.6 is 0 Å². The molecule has 1 aliphatic rings. The van der Waals surface area contributed by atoms with Crippen LogP contribution < -0.4 is 5.32 Å². The molecule has 0 bridgehead atoms. The summed E-state index contributed by atoms with van der Waals surface area (Å²) in [5, 5.41) is 3.14. The fraction of sp³-hybridized carbons (Fsp3) is 0.500. The van der Waals surface area contributed by atoms with E-state index in [0.717, 1.165) is 17.9 Å². The summed E-state index contributed by atoms with van der Waals surface area (Å²) in [7, 11) is 0. The molecule has 0 saturated carbocycles. The van der Waals surface area contributed by atoms with Gasteiger partial charge in [-0.2, -0.15) is 0 Å². The highest BCUT2D eigenvalue weighted by Crippen LogP contribution is 2.22. The zero-order chi connectivity index (χ0) is 13.8. The number of likely N-dealkylation sites (tertiary alicyclic amines) is 1. The van der Waals surface area contributed by atoms with E-state index in [-0.39, 0.29) is 17.7 Å². The van der Waals surface area contributed by atoms with E-state index in [1.807, 2.05) is 26.0 Å². The predicted molar refractivity (Wildman–Crippen MR) is 72.4 cm³/mol. The van der Waals surface area contributed by atoms with Crippen molar-refractivity contribution in [1.29, 1.82) is 0 Å². The fourth-order valence-corrected chi connectivity index (χ4v) is 2.27. The quantitative estimate of drug-likeness (QED) is 0.839. The van der Waals surface area contributed by atoms with E-state index in [9.17, 15) is 9.59 Å². The molecule has 1 N–H and O–H groups in total. The summed E-state index contributed by atoms with van der Waals surface area (Å²) in [5.74, 6) is 0.715. The first kappa shape index (κ1) is 13.5. The van der Waals surface area contributed by atoms with Gasteiger partial charge in [-0.25, -0.2) is 4.98 Å². The third-order valence-electron chi connectivity index (χ3n) is 3.21. The van der Waals surface area contributed by atoms with Crippen molar-refractivity contribution in [2.45, 2.75) is 33.2 Å². The largest absolute Gasteiger partial charge is 0.370 e. The topological polar surface area (TPSA) is 62.3 Å². The molecule has 1 aromatic rings. The number of carbonyl (C=O) groups excluding carboxylic acids is 2. The van der Waals surface area contributed by atoms with Gasteiger partial charge in [0, 0.05) is 31.1 Å². The highest BCUT2D eigenvalue weighted by atomic mass is 16.2. The Hall–Kier alpha value is -1.91. The Balaban J connectivity index is 2.16. The van der Waals surface area contributed by atoms with Crippen molar-refractivity contribution in [2.24, 2.45) is 5.92 Å². The van der Waals surface area contributed by atoms with Crippen molar-refractivity contribution in [3.05, 3.63) is 23.9 Å². The molecule has 5 nitrogen and oxygen atoms in total. The lowest BCUT2D eigenvalue weighted by molar-refractivity contribution is -0.150. The number of anilines is 1. The number of amides is 2. The van der Waals surface area contributed by atoms with Crippen LogP contribution in [0.5, 0.6) is 0 Å². The summed E-state index contributed by atoms with van der Waals surface area (Å²) in [6, 6.07) is 3.71. The van der Waals surface area contributed by atoms with Crippen LogP contribution in [0, 0.1) is 5.92 Å². The Kier molecular flexibility index (Phi) is 4.14. The lowest BCUT2D eigenvalue weighted by Gasteiger charge is -2.28. The molecule has 0 atom stereocenters. The second kappa shape index (κ2) is 5.82. The van der Waals surface area contributed by atoms with Crippen LogP contribution in [-0.4, -0.2) is 28.2 Å². The van der Waals surface area contributed by atoms with Crippen molar-refractivity contribution in [2.75, 3.05) is 11.9 Å². The van der Waals surface area contributed by atoms with Crippen LogP contribution in [0.2, 0.25) is 0 Å². The Labute approximate surface area is 113 Å². The van der Waals surface area contributed by atoms with E-state index in [2.05, 4.69) is 10.3 Å². The molecule has 1 saturated heterocycles. The van der Waals surface area contributed by atoms with E-state index in [0.29, 0.717) is 19.4 Å². The number of hydrogen-bond acceptors (Lipinski definition) is 4. The maximum atomic E-state index is 12.0. The summed E-state index contributed by atoms with van der Waals surface area (Å²) in [4.78, 5) is 29.5. The van der Waals surface area contributed by atoms with Crippen molar-refractivity contribution < 1.29 is 9.59 Å². The summed E-state index contributed by atoms with van der Waals surface area (Å²) in [5.41, 5.74) is 0.876. The highest BCUT2D eigenvalue weighted by Gasteiger charge is 2.30. The van der Waals surface area contributed by atoms with E-state index in [1.54, 1.807) is 6.20 Å². The highest BCUT2D eigenvalue weighted by molar-refractivity contribution is 5.97. The molecule has 0 aliphatic carbocycles. The van der Waals surface area contributed by atoms with Gasteiger partial charge in [0.05, 0.1) is 6.54 Å². The van der Waals surface area contributed by atoms with Crippen molar-refractivity contribution >= 4 is 17.6 Å². The normalized spacial score (nSPS) is 16.8. The molecule has 0 spiro atoms. The molecule has 1 fully saturated rings. The van der Waals surface area contributed by atoms with Crippen LogP contribution in [-0.2, 0) is 16.1 Å². The van der Waals surface area contributed by atoms with Crippen molar-refractivity contribution in [3.8, 4) is 0 Å². The van der Waals surface area contributed by atoms with Gasteiger partial charge in [0.2, 0.25) is 11.8 Å². The van der Waals surface area contributed by atoms with Gasteiger partial charge in [-0.05, 0) is 18.9 Å². The average molecular weight is 261 g/mol. The minimum atomic E-state index is -0.0879. The molecule has 102 valence electrons. The number of carbonyl (C=O) groups is 2. The second-order valence-electron chi connectivity index (χ2n) is 4.93. The fourth-order valence-electron chi connectivity index (χ4n) is 2.27. The van der Waals surface area contributed by atoms with E-state index in [1.165, 1.54) is 4.90 Å². The summed E-state index contributed by atoms with van der Waals surface area (Å²) in [6.07, 6.45) is 2.59. The number of imide groups is 1. The third kappa shape index (κ3) is 3.10. The first-order chi connectivity index (χ1) is 9.11. The number of rotatable bonds is 4. The first-order valence-electron chi connectivity index (χ1n) is 6.62. The lowest BCUT2D eigenvalue weighted by Crippen LogP contribution is -2.42. The lowest BCUT2D eigenvalue weighted by atomic mass is 9.97. The predicted octanol–water partition coefficient (Wildman–Crippen LogP) is 1.80. The minimum absolute atomic E-state index is 0.0879. The van der Waals surface area contributed by atoms with Crippen LogP contribution in [0.15, 0.2) is 18.3 Å². The minimum Gasteiger partial charge on any atom is -0.370 e. The maximum absolute atomic E-state index is 12.0. The van der Waals surface area contributed by atoms with E-state index < -0.39 is 0 Å². The van der Waals surface area contributed by atoms with Crippen LogP contribution in [0.1, 0.15) is 32.3 Å². The monoisotopic (exact) mass is 261 g/mol. The van der Waals surface area contributed by atoms with Gasteiger partial charge in [-0.3, -0.25) is 14.5 Å². The number of piperidine rings is 1.